The van der Waals surface area contributed by atoms with Crippen LogP contribution in [0, 0.1) is 0 Å². The number of thioether (sulfide) groups is 1. The van der Waals surface area contributed by atoms with E-state index in [1.165, 1.54) is 11.8 Å². The highest BCUT2D eigenvalue weighted by Gasteiger charge is 2.23. The van der Waals surface area contributed by atoms with Crippen LogP contribution in [-0.4, -0.2) is 31.4 Å². The first-order valence-electron chi connectivity index (χ1n) is 15.3. The van der Waals surface area contributed by atoms with Crippen molar-refractivity contribution in [2.24, 2.45) is 0 Å². The van der Waals surface area contributed by atoms with Gasteiger partial charge in [0.15, 0.2) is 0 Å². The van der Waals surface area contributed by atoms with Gasteiger partial charge in [0.2, 0.25) is 5.91 Å². The summed E-state index contributed by atoms with van der Waals surface area (Å²) in [5.41, 5.74) is 3.10. The number of amides is 3. The van der Waals surface area contributed by atoms with E-state index in [-0.39, 0.29) is 11.6 Å². The normalized spacial score (nSPS) is 11.6. The summed E-state index contributed by atoms with van der Waals surface area (Å²) in [7, 11) is 1.58. The smallest absolute Gasteiger partial charge is 0.272 e. The lowest BCUT2D eigenvalue weighted by atomic mass is 10.1. The Bertz CT molecular complexity index is 1880. The predicted molar refractivity (Wildman–Crippen MR) is 191 cm³/mol. The number of carbonyl (C=O) groups excluding carboxylic acids is 3. The van der Waals surface area contributed by atoms with Crippen LogP contribution in [0.15, 0.2) is 144 Å². The van der Waals surface area contributed by atoms with Gasteiger partial charge in [-0.2, -0.15) is 0 Å². The number of ether oxygens (including phenoxy) is 2. The first-order valence-corrected chi connectivity index (χ1v) is 16.2. The van der Waals surface area contributed by atoms with Crippen molar-refractivity contribution in [2.45, 2.75) is 17.1 Å². The molecule has 0 spiro atoms. The summed E-state index contributed by atoms with van der Waals surface area (Å²) >= 11 is 1.39. The standard InChI is InChI=1S/C39H35N3O5S/c1-3-47-35-20-11-10-17-29(35)25-34(42-37(43)28-15-8-5-9-16-28)38(44)40-30-21-23-33(24-22-30)48-36(27-13-6-4-7-14-27)39(45)41-31-18-12-19-32(26-31)46-2/h4-26,36H,3H2,1-2H3,(H,40,44)(H,41,45)(H,42,43)/b34-25-. The van der Waals surface area contributed by atoms with Crippen molar-refractivity contribution in [2.75, 3.05) is 24.4 Å². The van der Waals surface area contributed by atoms with Crippen molar-refractivity contribution in [1.29, 1.82) is 0 Å². The molecule has 3 amide bonds. The van der Waals surface area contributed by atoms with E-state index in [9.17, 15) is 14.4 Å². The van der Waals surface area contributed by atoms with Crippen LogP contribution in [-0.2, 0) is 9.59 Å². The molecular formula is C39H35N3O5S. The van der Waals surface area contributed by atoms with Crippen LogP contribution in [0.3, 0.4) is 0 Å². The topological polar surface area (TPSA) is 106 Å². The molecule has 5 aromatic carbocycles. The molecule has 1 atom stereocenters. The molecule has 8 nitrogen and oxygen atoms in total. The zero-order valence-corrected chi connectivity index (χ0v) is 27.3. The van der Waals surface area contributed by atoms with Crippen LogP contribution < -0.4 is 25.4 Å². The summed E-state index contributed by atoms with van der Waals surface area (Å²) < 4.78 is 11.0. The van der Waals surface area contributed by atoms with Gasteiger partial charge in [0, 0.05) is 33.5 Å². The fraction of sp³-hybridized carbons (Fsp3) is 0.103. The van der Waals surface area contributed by atoms with E-state index >= 15 is 0 Å². The fourth-order valence-corrected chi connectivity index (χ4v) is 5.77. The lowest BCUT2D eigenvalue weighted by Crippen LogP contribution is -2.30. The van der Waals surface area contributed by atoms with Crippen molar-refractivity contribution in [3.63, 3.8) is 0 Å². The largest absolute Gasteiger partial charge is 0.497 e. The third-order valence-electron chi connectivity index (χ3n) is 7.09. The molecular weight excluding hydrogens is 623 g/mol. The average Bonchev–Trinajstić information content (AvgIpc) is 3.12. The summed E-state index contributed by atoms with van der Waals surface area (Å²) in [4.78, 5) is 41.0. The van der Waals surface area contributed by atoms with E-state index in [4.69, 9.17) is 9.47 Å². The van der Waals surface area contributed by atoms with E-state index in [0.29, 0.717) is 40.6 Å². The van der Waals surface area contributed by atoms with Crippen LogP contribution in [0.25, 0.3) is 6.08 Å². The van der Waals surface area contributed by atoms with Gasteiger partial charge in [0.05, 0.1) is 13.7 Å². The zero-order chi connectivity index (χ0) is 33.7. The number of anilines is 2. The molecule has 5 aromatic rings. The molecule has 0 aliphatic carbocycles. The summed E-state index contributed by atoms with van der Waals surface area (Å²) in [5.74, 6) is 0.116. The molecule has 0 saturated carbocycles. The van der Waals surface area contributed by atoms with Gasteiger partial charge in [-0.1, -0.05) is 72.8 Å². The van der Waals surface area contributed by atoms with Crippen molar-refractivity contribution in [1.82, 2.24) is 5.32 Å². The van der Waals surface area contributed by atoms with Crippen LogP contribution in [0.4, 0.5) is 11.4 Å². The van der Waals surface area contributed by atoms with Gasteiger partial charge in [-0.15, -0.1) is 11.8 Å². The summed E-state index contributed by atoms with van der Waals surface area (Å²) in [6.07, 6.45) is 1.59. The fourth-order valence-electron chi connectivity index (χ4n) is 4.75. The molecule has 0 heterocycles. The minimum Gasteiger partial charge on any atom is -0.497 e. The summed E-state index contributed by atoms with van der Waals surface area (Å²) in [5, 5.41) is 8.10. The molecule has 0 fully saturated rings. The maximum Gasteiger partial charge on any atom is 0.272 e. The van der Waals surface area contributed by atoms with Gasteiger partial charge in [0.25, 0.3) is 11.8 Å². The van der Waals surface area contributed by atoms with Gasteiger partial charge in [0.1, 0.15) is 22.4 Å². The summed E-state index contributed by atoms with van der Waals surface area (Å²) in [6.45, 7) is 2.32. The van der Waals surface area contributed by atoms with E-state index in [2.05, 4.69) is 16.0 Å². The van der Waals surface area contributed by atoms with Crippen LogP contribution >= 0.6 is 11.8 Å². The number of methoxy groups -OCH3 is 1. The molecule has 5 rings (SSSR count). The molecule has 0 aliphatic rings. The molecule has 48 heavy (non-hydrogen) atoms. The number of hydrogen-bond acceptors (Lipinski definition) is 6. The molecule has 3 N–H and O–H groups in total. The van der Waals surface area contributed by atoms with Crippen LogP contribution in [0.5, 0.6) is 11.5 Å². The Hall–Kier alpha value is -5.80. The molecule has 9 heteroatoms. The van der Waals surface area contributed by atoms with Crippen LogP contribution in [0.1, 0.15) is 33.7 Å². The van der Waals surface area contributed by atoms with E-state index in [0.717, 1.165) is 10.5 Å². The Kier molecular flexibility index (Phi) is 11.7. The molecule has 242 valence electrons. The number of nitrogens with one attached hydrogen (secondary N) is 3. The van der Waals surface area contributed by atoms with Crippen molar-refractivity contribution in [3.05, 3.63) is 156 Å². The molecule has 0 bridgehead atoms. The predicted octanol–water partition coefficient (Wildman–Crippen LogP) is 7.98. The van der Waals surface area contributed by atoms with E-state index in [1.807, 2.05) is 91.9 Å². The second kappa shape index (κ2) is 16.7. The highest BCUT2D eigenvalue weighted by Crippen LogP contribution is 2.37. The Morgan fingerprint density at radius 2 is 1.44 bits per heavy atom. The van der Waals surface area contributed by atoms with Gasteiger partial charge >= 0.3 is 0 Å². The molecule has 0 aromatic heterocycles. The van der Waals surface area contributed by atoms with E-state index in [1.54, 1.807) is 61.7 Å². The van der Waals surface area contributed by atoms with Crippen LogP contribution in [0.2, 0.25) is 0 Å². The maximum atomic E-state index is 13.6. The van der Waals surface area contributed by atoms with Gasteiger partial charge in [-0.3, -0.25) is 14.4 Å². The number of rotatable bonds is 13. The van der Waals surface area contributed by atoms with Gasteiger partial charge < -0.3 is 25.4 Å². The Morgan fingerprint density at radius 1 is 0.750 bits per heavy atom. The second-order valence-electron chi connectivity index (χ2n) is 10.5. The highest BCUT2D eigenvalue weighted by atomic mass is 32.2. The number of carbonyl (C=O) groups is 3. The SMILES string of the molecule is CCOc1ccccc1/C=C(\NC(=O)c1ccccc1)C(=O)Nc1ccc(SC(C(=O)Nc2cccc(OC)c2)c2ccccc2)cc1. The lowest BCUT2D eigenvalue weighted by molar-refractivity contribution is -0.116. The van der Waals surface area contributed by atoms with Crippen molar-refractivity contribution >= 4 is 46.9 Å². The number of benzene rings is 5. The average molecular weight is 658 g/mol. The van der Waals surface area contributed by atoms with Crippen molar-refractivity contribution in [3.8, 4) is 11.5 Å². The van der Waals surface area contributed by atoms with Gasteiger partial charge in [-0.05, 0) is 73.2 Å². The van der Waals surface area contributed by atoms with E-state index < -0.39 is 17.1 Å². The number of hydrogen-bond donors (Lipinski definition) is 3. The Morgan fingerprint density at radius 3 is 2.15 bits per heavy atom. The van der Waals surface area contributed by atoms with Crippen molar-refractivity contribution < 1.29 is 23.9 Å². The quantitative estimate of drug-likeness (QED) is 0.0876. The molecule has 0 radical (unpaired) electrons. The Balaban J connectivity index is 1.34. The lowest BCUT2D eigenvalue weighted by Gasteiger charge is -2.18. The number of para-hydroxylation sites is 1. The minimum absolute atomic E-state index is 0.0489. The van der Waals surface area contributed by atoms with Gasteiger partial charge in [-0.25, -0.2) is 0 Å². The zero-order valence-electron chi connectivity index (χ0n) is 26.5. The summed E-state index contributed by atoms with van der Waals surface area (Å²) in [6, 6.07) is 39.9. The third-order valence-corrected chi connectivity index (χ3v) is 8.36. The molecule has 0 saturated heterocycles. The molecule has 0 aliphatic heterocycles. The Labute approximate surface area is 284 Å². The molecule has 1 unspecified atom stereocenters. The maximum absolute atomic E-state index is 13.6. The second-order valence-corrected chi connectivity index (χ2v) is 11.6. The first kappa shape index (κ1) is 33.6. The third kappa shape index (κ3) is 9.14. The minimum atomic E-state index is -0.550. The highest BCUT2D eigenvalue weighted by molar-refractivity contribution is 8.00. The monoisotopic (exact) mass is 657 g/mol. The first-order chi connectivity index (χ1) is 23.4.